The minimum absolute atomic E-state index is 0.455. The first-order chi connectivity index (χ1) is 9.42. The lowest BCUT2D eigenvalue weighted by Crippen LogP contribution is -2.43. The van der Waals surface area contributed by atoms with Gasteiger partial charge in [-0.05, 0) is 37.6 Å². The number of hydrogen-bond donors (Lipinski definition) is 1. The molecule has 3 heteroatoms. The minimum atomic E-state index is 0.455. The standard InChI is InChI=1S/C17H34N2S/c1-5-8-17(4,13-18-15-6-7-15)14-19-10-9-16(2,3)20-12-11-19/h15,18H,5-14H2,1-4H3. The molecule has 0 amide bonds. The Balaban J connectivity index is 1.85. The summed E-state index contributed by atoms with van der Waals surface area (Å²) in [5, 5.41) is 3.77. The molecule has 1 N–H and O–H groups in total. The largest absolute Gasteiger partial charge is 0.313 e. The fourth-order valence-electron chi connectivity index (χ4n) is 3.27. The molecule has 2 rings (SSSR count). The molecule has 0 aromatic rings. The zero-order chi connectivity index (χ0) is 14.6. The van der Waals surface area contributed by atoms with Crippen molar-refractivity contribution in [1.82, 2.24) is 10.2 Å². The van der Waals surface area contributed by atoms with Crippen LogP contribution >= 0.6 is 11.8 Å². The van der Waals surface area contributed by atoms with Crippen LogP contribution in [-0.4, -0.2) is 47.6 Å². The monoisotopic (exact) mass is 298 g/mol. The van der Waals surface area contributed by atoms with Gasteiger partial charge in [0.2, 0.25) is 0 Å². The van der Waals surface area contributed by atoms with Gasteiger partial charge in [0.05, 0.1) is 0 Å². The summed E-state index contributed by atoms with van der Waals surface area (Å²) in [7, 11) is 0. The van der Waals surface area contributed by atoms with Crippen molar-refractivity contribution in [3.63, 3.8) is 0 Å². The molecule has 20 heavy (non-hydrogen) atoms. The van der Waals surface area contributed by atoms with E-state index < -0.39 is 0 Å². The van der Waals surface area contributed by atoms with Crippen LogP contribution < -0.4 is 5.32 Å². The molecule has 0 radical (unpaired) electrons. The van der Waals surface area contributed by atoms with Gasteiger partial charge in [0.25, 0.3) is 0 Å². The van der Waals surface area contributed by atoms with E-state index in [0.29, 0.717) is 10.2 Å². The summed E-state index contributed by atoms with van der Waals surface area (Å²) in [6.45, 7) is 14.7. The lowest BCUT2D eigenvalue weighted by Gasteiger charge is -2.35. The van der Waals surface area contributed by atoms with Crippen LogP contribution in [0.4, 0.5) is 0 Å². The Morgan fingerprint density at radius 3 is 2.70 bits per heavy atom. The summed E-state index contributed by atoms with van der Waals surface area (Å²) in [5.74, 6) is 1.30. The van der Waals surface area contributed by atoms with Crippen LogP contribution in [0, 0.1) is 5.41 Å². The van der Waals surface area contributed by atoms with Crippen molar-refractivity contribution in [2.45, 2.75) is 70.6 Å². The quantitative estimate of drug-likeness (QED) is 0.770. The molecule has 1 saturated carbocycles. The number of hydrogen-bond acceptors (Lipinski definition) is 3. The number of nitrogens with one attached hydrogen (secondary N) is 1. The van der Waals surface area contributed by atoms with Gasteiger partial charge < -0.3 is 10.2 Å². The van der Waals surface area contributed by atoms with Crippen LogP contribution in [0.5, 0.6) is 0 Å². The Labute approximate surface area is 130 Å². The van der Waals surface area contributed by atoms with E-state index in [4.69, 9.17) is 0 Å². The summed E-state index contributed by atoms with van der Waals surface area (Å²) >= 11 is 2.16. The van der Waals surface area contributed by atoms with E-state index in [1.54, 1.807) is 0 Å². The summed E-state index contributed by atoms with van der Waals surface area (Å²) < 4.78 is 0.474. The van der Waals surface area contributed by atoms with E-state index in [0.717, 1.165) is 6.04 Å². The summed E-state index contributed by atoms with van der Waals surface area (Å²) in [4.78, 5) is 2.73. The average Bonchev–Trinajstić information content (AvgIpc) is 3.17. The van der Waals surface area contributed by atoms with Crippen molar-refractivity contribution >= 4 is 11.8 Å². The second-order valence-electron chi connectivity index (χ2n) is 7.85. The molecule has 0 aromatic carbocycles. The molecule has 1 atom stereocenters. The van der Waals surface area contributed by atoms with Crippen molar-refractivity contribution in [2.24, 2.45) is 5.41 Å². The van der Waals surface area contributed by atoms with Gasteiger partial charge in [-0.3, -0.25) is 0 Å². The van der Waals surface area contributed by atoms with Crippen molar-refractivity contribution in [1.29, 1.82) is 0 Å². The molecule has 0 spiro atoms. The molecule has 2 aliphatic rings. The Kier molecular flexibility index (Phi) is 5.84. The van der Waals surface area contributed by atoms with E-state index in [-0.39, 0.29) is 0 Å². The maximum absolute atomic E-state index is 3.77. The molecule has 1 saturated heterocycles. The number of nitrogens with zero attached hydrogens (tertiary/aromatic N) is 1. The Morgan fingerprint density at radius 2 is 2.05 bits per heavy atom. The summed E-state index contributed by atoms with van der Waals surface area (Å²) in [6, 6.07) is 0.838. The number of rotatable bonds is 7. The first-order valence-corrected chi connectivity index (χ1v) is 9.51. The first kappa shape index (κ1) is 16.6. The lowest BCUT2D eigenvalue weighted by molar-refractivity contribution is 0.153. The van der Waals surface area contributed by atoms with E-state index >= 15 is 0 Å². The Morgan fingerprint density at radius 1 is 1.30 bits per heavy atom. The maximum Gasteiger partial charge on any atom is 0.0116 e. The van der Waals surface area contributed by atoms with Crippen molar-refractivity contribution in [3.05, 3.63) is 0 Å². The summed E-state index contributed by atoms with van der Waals surface area (Å²) in [5.41, 5.74) is 0.455. The van der Waals surface area contributed by atoms with Crippen LogP contribution in [0.3, 0.4) is 0 Å². The smallest absolute Gasteiger partial charge is 0.0116 e. The lowest BCUT2D eigenvalue weighted by atomic mass is 9.84. The average molecular weight is 299 g/mol. The fourth-order valence-corrected chi connectivity index (χ4v) is 4.40. The Hall–Kier alpha value is 0.270. The molecule has 0 bridgehead atoms. The van der Waals surface area contributed by atoms with Crippen molar-refractivity contribution in [2.75, 3.05) is 31.9 Å². The van der Waals surface area contributed by atoms with Gasteiger partial charge in [0.1, 0.15) is 0 Å². The highest BCUT2D eigenvalue weighted by atomic mass is 32.2. The molecule has 1 heterocycles. The molecule has 2 nitrogen and oxygen atoms in total. The van der Waals surface area contributed by atoms with E-state index in [2.05, 4.69) is 49.7 Å². The normalized spacial score (nSPS) is 27.0. The number of thioether (sulfide) groups is 1. The van der Waals surface area contributed by atoms with Gasteiger partial charge >= 0.3 is 0 Å². The van der Waals surface area contributed by atoms with Gasteiger partial charge in [-0.2, -0.15) is 11.8 Å². The maximum atomic E-state index is 3.77. The fraction of sp³-hybridized carbons (Fsp3) is 1.00. The van der Waals surface area contributed by atoms with Gasteiger partial charge in [-0.1, -0.05) is 34.1 Å². The van der Waals surface area contributed by atoms with E-state index in [9.17, 15) is 0 Å². The molecule has 1 unspecified atom stereocenters. The molecular formula is C17H34N2S. The molecule has 118 valence electrons. The zero-order valence-electron chi connectivity index (χ0n) is 14.0. The molecule has 1 aliphatic heterocycles. The third kappa shape index (κ3) is 5.57. The van der Waals surface area contributed by atoms with Crippen LogP contribution in [0.1, 0.15) is 59.8 Å². The summed E-state index contributed by atoms with van der Waals surface area (Å²) in [6.07, 6.45) is 6.78. The first-order valence-electron chi connectivity index (χ1n) is 8.52. The minimum Gasteiger partial charge on any atom is -0.313 e. The van der Waals surface area contributed by atoms with Crippen LogP contribution in [0.25, 0.3) is 0 Å². The predicted molar refractivity (Wildman–Crippen MR) is 91.6 cm³/mol. The van der Waals surface area contributed by atoms with Crippen molar-refractivity contribution < 1.29 is 0 Å². The van der Waals surface area contributed by atoms with Crippen LogP contribution in [0.2, 0.25) is 0 Å². The second-order valence-corrected chi connectivity index (χ2v) is 9.65. The zero-order valence-corrected chi connectivity index (χ0v) is 14.8. The molecule has 1 aliphatic carbocycles. The third-order valence-electron chi connectivity index (χ3n) is 4.78. The Bertz CT molecular complexity index is 301. The highest BCUT2D eigenvalue weighted by Gasteiger charge is 2.31. The van der Waals surface area contributed by atoms with E-state index in [1.807, 2.05) is 0 Å². The van der Waals surface area contributed by atoms with Crippen LogP contribution in [-0.2, 0) is 0 Å². The van der Waals surface area contributed by atoms with Crippen LogP contribution in [0.15, 0.2) is 0 Å². The van der Waals surface area contributed by atoms with Gasteiger partial charge in [-0.25, -0.2) is 0 Å². The highest BCUT2D eigenvalue weighted by Crippen LogP contribution is 2.33. The van der Waals surface area contributed by atoms with Gasteiger partial charge in [-0.15, -0.1) is 0 Å². The SMILES string of the molecule is CCCC(C)(CNC1CC1)CN1CCSC(C)(C)CC1. The topological polar surface area (TPSA) is 15.3 Å². The third-order valence-corrected chi connectivity index (χ3v) is 6.16. The molecule has 0 aromatic heterocycles. The van der Waals surface area contributed by atoms with Gasteiger partial charge in [0.15, 0.2) is 0 Å². The predicted octanol–water partition coefficient (Wildman–Crippen LogP) is 3.76. The highest BCUT2D eigenvalue weighted by molar-refractivity contribution is 8.00. The van der Waals surface area contributed by atoms with Crippen molar-refractivity contribution in [3.8, 4) is 0 Å². The molecular weight excluding hydrogens is 264 g/mol. The molecule has 2 fully saturated rings. The second kappa shape index (κ2) is 7.02. The van der Waals surface area contributed by atoms with E-state index in [1.165, 1.54) is 64.0 Å². The van der Waals surface area contributed by atoms with Gasteiger partial charge in [0, 0.05) is 36.2 Å².